The summed E-state index contributed by atoms with van der Waals surface area (Å²) in [5, 5.41) is 37.5. The summed E-state index contributed by atoms with van der Waals surface area (Å²) < 4.78 is 0. The monoisotopic (exact) mass is 371 g/mol. The molecule has 0 bridgehead atoms. The summed E-state index contributed by atoms with van der Waals surface area (Å²) >= 11 is 0. The molecule has 0 aromatic rings. The molecule has 0 rings (SSSR count). The van der Waals surface area contributed by atoms with Crippen molar-refractivity contribution in [1.29, 1.82) is 31.6 Å². The molecule has 0 heterocycles. The summed E-state index contributed by atoms with van der Waals surface area (Å²) in [7, 11) is 0. The Morgan fingerprint density at radius 2 is 0.294 bits per heavy atom. The normalized spacial score (nSPS) is 0.706. The van der Waals surface area contributed by atoms with Crippen LogP contribution in [0, 0.1) is 71.0 Å². The molecule has 17 heavy (non-hydrogen) atoms. The first-order valence-corrected chi connectivity index (χ1v) is 1.34. The molecule has 6 nitrogen and oxygen atoms in total. The van der Waals surface area contributed by atoms with E-state index < -0.39 is 0 Å². The molecule has 0 amide bonds. The van der Waals surface area contributed by atoms with E-state index in [1.165, 1.54) is 0 Å². The first kappa shape index (κ1) is 84.0. The Labute approximate surface area is 284 Å². The third-order valence-electron chi connectivity index (χ3n) is 0. The van der Waals surface area contributed by atoms with Gasteiger partial charge in [-0.05, 0) is 0 Å². The van der Waals surface area contributed by atoms with Gasteiger partial charge in [0.15, 0.2) is 0 Å². The minimum absolute atomic E-state index is 0. The summed E-state index contributed by atoms with van der Waals surface area (Å²) in [6.07, 6.45) is 0. The molecule has 1 radical (unpaired) electrons. The SMILES string of the molecule is [C-]#N.[C-]#N.[C-]#N.[C-]#N.[C-]#N.[C-]#N.[Co+2].[K+].[K+].[K+].[K+]. The fourth-order valence-electron chi connectivity index (χ4n) is 0. The maximum atomic E-state index is 6.25. The quantitative estimate of drug-likeness (QED) is 0.306. The molecule has 67 valence electrons. The van der Waals surface area contributed by atoms with E-state index in [9.17, 15) is 0 Å². The Bertz CT molecular complexity index is 106. The molecule has 0 N–H and O–H groups in total. The van der Waals surface area contributed by atoms with E-state index in [1.807, 2.05) is 0 Å². The molecule has 0 aliphatic heterocycles. The van der Waals surface area contributed by atoms with Crippen molar-refractivity contribution in [3.63, 3.8) is 0 Å². The van der Waals surface area contributed by atoms with Gasteiger partial charge in [0, 0.05) is 0 Å². The molecular formula is C6CoK4N6. The molecule has 0 aromatic heterocycles. The van der Waals surface area contributed by atoms with Gasteiger partial charge in [0.25, 0.3) is 0 Å². The van der Waals surface area contributed by atoms with E-state index in [4.69, 9.17) is 71.0 Å². The van der Waals surface area contributed by atoms with Crippen LogP contribution < -0.4 is 206 Å². The van der Waals surface area contributed by atoms with Gasteiger partial charge in [-0.2, -0.15) is 0 Å². The molecule has 11 heteroatoms. The number of hydrogen-bond donors (Lipinski definition) is 0. The molecule has 0 aliphatic rings. The molecule has 0 aliphatic carbocycles. The van der Waals surface area contributed by atoms with Crippen LogP contribution in [0.15, 0.2) is 0 Å². The van der Waals surface area contributed by atoms with Crippen LogP contribution in [0.4, 0.5) is 0 Å². The second kappa shape index (κ2) is 453. The average molecular weight is 371 g/mol. The predicted molar refractivity (Wildman–Crippen MR) is 29.8 cm³/mol. The molecule has 0 atom stereocenters. The molecule has 0 fully saturated rings. The van der Waals surface area contributed by atoms with Crippen LogP contribution in [0.5, 0.6) is 0 Å². The molecular weight excluding hydrogens is 371 g/mol. The van der Waals surface area contributed by atoms with E-state index in [0.717, 1.165) is 0 Å². The van der Waals surface area contributed by atoms with Crippen molar-refractivity contribution in [1.82, 2.24) is 0 Å². The van der Waals surface area contributed by atoms with E-state index in [0.29, 0.717) is 0 Å². The number of rotatable bonds is 0. The van der Waals surface area contributed by atoms with Crippen LogP contribution in [0.2, 0.25) is 0 Å². The van der Waals surface area contributed by atoms with Crippen molar-refractivity contribution in [2.24, 2.45) is 0 Å². The Morgan fingerprint density at radius 1 is 0.294 bits per heavy atom. The van der Waals surface area contributed by atoms with Gasteiger partial charge < -0.3 is 71.0 Å². The van der Waals surface area contributed by atoms with Gasteiger partial charge in [-0.25, -0.2) is 0 Å². The summed E-state index contributed by atoms with van der Waals surface area (Å²) in [5.41, 5.74) is 0. The zero-order valence-electron chi connectivity index (χ0n) is 10.0. The van der Waals surface area contributed by atoms with E-state index in [1.54, 1.807) is 0 Å². The molecule has 0 saturated heterocycles. The maximum Gasteiger partial charge on any atom is 2.00 e. The van der Waals surface area contributed by atoms with Crippen LogP contribution in [0.3, 0.4) is 0 Å². The van der Waals surface area contributed by atoms with E-state index in [2.05, 4.69) is 0 Å². The van der Waals surface area contributed by atoms with Crippen LogP contribution in [0.1, 0.15) is 0 Å². The summed E-state index contributed by atoms with van der Waals surface area (Å²) in [6.45, 7) is 28.5. The Hall–Kier alpha value is 3.99. The second-order valence-corrected chi connectivity index (χ2v) is 0. The van der Waals surface area contributed by atoms with Gasteiger partial charge >= 0.3 is 222 Å². The second-order valence-electron chi connectivity index (χ2n) is 0. The zero-order chi connectivity index (χ0) is 12.0. The molecule has 0 spiro atoms. The van der Waals surface area contributed by atoms with Crippen LogP contribution in [-0.2, 0) is 16.8 Å². The van der Waals surface area contributed by atoms with Gasteiger partial charge in [0.2, 0.25) is 0 Å². The Balaban J connectivity index is -0.00000000267. The topological polar surface area (TPSA) is 143 Å². The molecule has 0 aromatic carbocycles. The van der Waals surface area contributed by atoms with Crippen molar-refractivity contribution in [3.05, 3.63) is 39.4 Å². The van der Waals surface area contributed by atoms with Crippen LogP contribution >= 0.6 is 0 Å². The van der Waals surface area contributed by atoms with Gasteiger partial charge in [-0.3, -0.25) is 0 Å². The molecule has 0 unspecified atom stereocenters. The fraction of sp³-hybridized carbons (Fsp3) is 0. The Kier molecular flexibility index (Phi) is 2240. The fourth-order valence-corrected chi connectivity index (χ4v) is 0. The zero-order valence-corrected chi connectivity index (χ0v) is 23.6. The van der Waals surface area contributed by atoms with Gasteiger partial charge in [-0.15, -0.1) is 0 Å². The van der Waals surface area contributed by atoms with Gasteiger partial charge in [-0.1, -0.05) is 0 Å². The molecule has 0 saturated carbocycles. The number of hydrogen-bond acceptors (Lipinski definition) is 6. The van der Waals surface area contributed by atoms with Crippen molar-refractivity contribution in [2.45, 2.75) is 0 Å². The third kappa shape index (κ3) is 406. The third-order valence-corrected chi connectivity index (χ3v) is 0. The average Bonchev–Trinajstić information content (AvgIpc) is 2.33. The standard InChI is InChI=1S/6CN.Co.4K/c6*1-2;;;;;/q6*-1;+2;4*+1. The summed E-state index contributed by atoms with van der Waals surface area (Å²) in [4.78, 5) is 0. The van der Waals surface area contributed by atoms with Crippen molar-refractivity contribution >= 4 is 0 Å². The van der Waals surface area contributed by atoms with E-state index >= 15 is 0 Å². The van der Waals surface area contributed by atoms with Crippen LogP contribution in [0.25, 0.3) is 0 Å². The first-order valence-electron chi connectivity index (χ1n) is 1.34. The number of nitrogens with zero attached hydrogens (tertiary/aromatic N) is 6. The summed E-state index contributed by atoms with van der Waals surface area (Å²) in [5.74, 6) is 0. The van der Waals surface area contributed by atoms with Gasteiger partial charge in [0.1, 0.15) is 0 Å². The van der Waals surface area contributed by atoms with Gasteiger partial charge in [0.05, 0.1) is 0 Å². The minimum Gasteiger partial charge on any atom is -0.512 e. The van der Waals surface area contributed by atoms with Crippen molar-refractivity contribution in [3.8, 4) is 0 Å². The minimum atomic E-state index is 0. The maximum absolute atomic E-state index is 6.25. The van der Waals surface area contributed by atoms with Crippen molar-refractivity contribution in [2.75, 3.05) is 0 Å². The van der Waals surface area contributed by atoms with Crippen molar-refractivity contribution < 1.29 is 222 Å². The predicted octanol–water partition coefficient (Wildman–Crippen LogP) is -11.4. The first-order chi connectivity index (χ1) is 6.00. The summed E-state index contributed by atoms with van der Waals surface area (Å²) in [6, 6.07) is 0. The largest absolute Gasteiger partial charge is 2.00 e. The van der Waals surface area contributed by atoms with Crippen LogP contribution in [-0.4, -0.2) is 0 Å². The Morgan fingerprint density at radius 3 is 0.294 bits per heavy atom. The van der Waals surface area contributed by atoms with E-state index in [-0.39, 0.29) is 222 Å². The smallest absolute Gasteiger partial charge is 0.512 e.